The Labute approximate surface area is 219 Å². The molecule has 1 heterocycles. The number of anilines is 1. The molecule has 0 aliphatic carbocycles. The van der Waals surface area contributed by atoms with Gasteiger partial charge in [-0.3, -0.25) is 19.3 Å². The van der Waals surface area contributed by atoms with Crippen LogP contribution in [-0.4, -0.2) is 66.7 Å². The average Bonchev–Trinajstić information content (AvgIpc) is 2.78. The van der Waals surface area contributed by atoms with E-state index in [0.717, 1.165) is 4.90 Å². The van der Waals surface area contributed by atoms with E-state index in [2.05, 4.69) is 24.9 Å². The molecule has 0 radical (unpaired) electrons. The summed E-state index contributed by atoms with van der Waals surface area (Å²) in [6.45, 7) is 12.7. The molecule has 1 unspecified atom stereocenters. The van der Waals surface area contributed by atoms with E-state index < -0.39 is 23.3 Å². The van der Waals surface area contributed by atoms with Gasteiger partial charge in [-0.05, 0) is 52.2 Å². The molecular weight excluding hydrogens is 482 g/mol. The van der Waals surface area contributed by atoms with Crippen LogP contribution in [0.4, 0.5) is 5.69 Å². The molecule has 3 amide bonds. The first-order valence-electron chi connectivity index (χ1n) is 12.6. The van der Waals surface area contributed by atoms with Gasteiger partial charge in [-0.1, -0.05) is 37.6 Å². The van der Waals surface area contributed by atoms with Crippen LogP contribution in [0.1, 0.15) is 48.0 Å². The molecule has 1 aromatic carbocycles. The van der Waals surface area contributed by atoms with Crippen LogP contribution >= 0.6 is 11.6 Å². The number of nitrogens with zero attached hydrogens (tertiary/aromatic N) is 1. The lowest BCUT2D eigenvalue weighted by molar-refractivity contribution is -0.950. The molecule has 36 heavy (non-hydrogen) atoms. The second kappa shape index (κ2) is 11.9. The highest BCUT2D eigenvalue weighted by molar-refractivity contribution is 6.33. The van der Waals surface area contributed by atoms with Crippen molar-refractivity contribution in [3.63, 3.8) is 0 Å². The number of hydrogen-bond donors (Lipinski definition) is 5. The van der Waals surface area contributed by atoms with Gasteiger partial charge < -0.3 is 26.8 Å². The van der Waals surface area contributed by atoms with Crippen LogP contribution in [-0.2, 0) is 14.4 Å². The third-order valence-electron chi connectivity index (χ3n) is 7.38. The van der Waals surface area contributed by atoms with Crippen molar-refractivity contribution in [1.29, 1.82) is 0 Å². The summed E-state index contributed by atoms with van der Waals surface area (Å²) in [5.74, 6) is -1.21. The quantitative estimate of drug-likeness (QED) is 0.268. The van der Waals surface area contributed by atoms with E-state index in [1.54, 1.807) is 24.8 Å². The lowest BCUT2D eigenvalue weighted by Crippen LogP contribution is -3.24. The number of piperazine rings is 1. The summed E-state index contributed by atoms with van der Waals surface area (Å²) >= 11 is 6.34. The number of benzene rings is 1. The zero-order chi connectivity index (χ0) is 27.4. The second-order valence-corrected chi connectivity index (χ2v) is 12.1. The summed E-state index contributed by atoms with van der Waals surface area (Å²) in [4.78, 5) is 40.3. The maximum absolute atomic E-state index is 13.0. The summed E-state index contributed by atoms with van der Waals surface area (Å²) < 4.78 is 0. The van der Waals surface area contributed by atoms with Gasteiger partial charge in [0.25, 0.3) is 5.91 Å². The van der Waals surface area contributed by atoms with Gasteiger partial charge in [0.05, 0.1) is 22.7 Å². The van der Waals surface area contributed by atoms with Crippen LogP contribution in [0.15, 0.2) is 24.3 Å². The highest BCUT2D eigenvalue weighted by Crippen LogP contribution is 2.27. The van der Waals surface area contributed by atoms with Crippen LogP contribution in [0.25, 0.3) is 0 Å². The Bertz CT molecular complexity index is 952. The minimum absolute atomic E-state index is 0.0203. The largest absolute Gasteiger partial charge is 0.387 e. The van der Waals surface area contributed by atoms with Gasteiger partial charge in [-0.15, -0.1) is 0 Å². The van der Waals surface area contributed by atoms with Crippen molar-refractivity contribution in [2.45, 2.75) is 65.6 Å². The summed E-state index contributed by atoms with van der Waals surface area (Å²) in [7, 11) is 0. The van der Waals surface area contributed by atoms with Crippen molar-refractivity contribution in [2.75, 3.05) is 31.1 Å². The van der Waals surface area contributed by atoms with Crippen molar-refractivity contribution in [2.24, 2.45) is 23.0 Å². The van der Waals surface area contributed by atoms with Gasteiger partial charge in [-0.25, -0.2) is 0 Å². The molecule has 1 aromatic rings. The molecule has 9 nitrogen and oxygen atoms in total. The molecule has 0 saturated carbocycles. The number of nitrogens with one attached hydrogen (secondary N) is 2. The van der Waals surface area contributed by atoms with Gasteiger partial charge >= 0.3 is 0 Å². The Hall–Kier alpha value is -2.20. The minimum atomic E-state index is -0.863. The standard InChI is InChI=1S/C26H42ClN5O4/c1-16(2)17(23(35)30-14-25(3,4)24(29)36)11-21(33)19(28)12-31-13-22(34)32(15-26(31,5)6)20-10-8-7-9-18(20)27/h7-10,16-17,19,21,33H,11-15,28H2,1-6H3,(H2,29,36)(H,30,35)/p+2/t17-,19-,21-/m0/s1. The molecule has 0 aromatic heterocycles. The van der Waals surface area contributed by atoms with Crippen molar-refractivity contribution in [3.8, 4) is 0 Å². The highest BCUT2D eigenvalue weighted by atomic mass is 35.5. The number of rotatable bonds is 11. The molecule has 8 N–H and O–H groups in total. The number of aliphatic hydroxyl groups excluding tert-OH is 1. The van der Waals surface area contributed by atoms with E-state index in [1.165, 1.54) is 0 Å². The Kier molecular flexibility index (Phi) is 9.92. The SMILES string of the molecule is CC(C)[C@H](C[C@H](O)[C@@H]([NH3+])C[NH+]1CC(=O)N(c2ccccc2Cl)CC1(C)C)C(=O)NCC(C)(C)C(N)=O. The first kappa shape index (κ1) is 30.0. The van der Waals surface area contributed by atoms with Crippen LogP contribution in [0.5, 0.6) is 0 Å². The molecule has 0 spiro atoms. The first-order chi connectivity index (χ1) is 16.6. The number of nitrogens with two attached hydrogens (primary N) is 1. The zero-order valence-electron chi connectivity index (χ0n) is 22.4. The Morgan fingerprint density at radius 1 is 1.31 bits per heavy atom. The van der Waals surface area contributed by atoms with E-state index in [-0.39, 0.29) is 48.8 Å². The van der Waals surface area contributed by atoms with E-state index in [1.807, 2.05) is 32.0 Å². The fraction of sp³-hybridized carbons (Fsp3) is 0.654. The average molecular weight is 526 g/mol. The normalized spacial score (nSPS) is 20.7. The maximum atomic E-state index is 13.0. The number of carbonyl (C=O) groups is 3. The number of carbonyl (C=O) groups excluding carboxylic acids is 3. The maximum Gasteiger partial charge on any atom is 0.282 e. The molecule has 1 aliphatic heterocycles. The monoisotopic (exact) mass is 525 g/mol. The third kappa shape index (κ3) is 7.41. The van der Waals surface area contributed by atoms with Gasteiger partial charge in [0.2, 0.25) is 11.8 Å². The van der Waals surface area contributed by atoms with Crippen LogP contribution < -0.4 is 26.6 Å². The number of para-hydroxylation sites is 1. The van der Waals surface area contributed by atoms with E-state index in [4.69, 9.17) is 17.3 Å². The molecule has 1 aliphatic rings. The Morgan fingerprint density at radius 3 is 2.47 bits per heavy atom. The minimum Gasteiger partial charge on any atom is -0.387 e. The first-order valence-corrected chi connectivity index (χ1v) is 12.9. The highest BCUT2D eigenvalue weighted by Gasteiger charge is 2.44. The lowest BCUT2D eigenvalue weighted by Gasteiger charge is -2.44. The van der Waals surface area contributed by atoms with Crippen LogP contribution in [0.2, 0.25) is 5.02 Å². The fourth-order valence-electron chi connectivity index (χ4n) is 4.46. The molecule has 202 valence electrons. The Balaban J connectivity index is 2.03. The zero-order valence-corrected chi connectivity index (χ0v) is 23.2. The molecule has 10 heteroatoms. The third-order valence-corrected chi connectivity index (χ3v) is 7.70. The number of hydrogen-bond acceptors (Lipinski definition) is 4. The van der Waals surface area contributed by atoms with E-state index >= 15 is 0 Å². The number of amides is 3. The number of primary amides is 1. The molecular formula is C26H44ClN5O4+2. The van der Waals surface area contributed by atoms with Gasteiger partial charge in [-0.2, -0.15) is 0 Å². The molecule has 1 saturated heterocycles. The van der Waals surface area contributed by atoms with Crippen molar-refractivity contribution in [1.82, 2.24) is 5.32 Å². The molecule has 1 fully saturated rings. The van der Waals surface area contributed by atoms with Crippen molar-refractivity contribution >= 4 is 35.0 Å². The predicted octanol–water partition coefficient (Wildman–Crippen LogP) is -0.388. The smallest absolute Gasteiger partial charge is 0.282 e. The van der Waals surface area contributed by atoms with Crippen LogP contribution in [0.3, 0.4) is 0 Å². The van der Waals surface area contributed by atoms with Gasteiger partial charge in [0, 0.05) is 12.5 Å². The summed E-state index contributed by atoms with van der Waals surface area (Å²) in [5.41, 5.74) is 9.14. The van der Waals surface area contributed by atoms with Crippen LogP contribution in [0, 0.1) is 17.3 Å². The van der Waals surface area contributed by atoms with Crippen molar-refractivity contribution in [3.05, 3.63) is 29.3 Å². The molecule has 4 atom stereocenters. The molecule has 2 rings (SSSR count). The summed E-state index contributed by atoms with van der Waals surface area (Å²) in [6.07, 6.45) is -0.588. The van der Waals surface area contributed by atoms with E-state index in [0.29, 0.717) is 23.8 Å². The van der Waals surface area contributed by atoms with Gasteiger partial charge in [0.15, 0.2) is 12.6 Å². The molecule has 0 bridgehead atoms. The topological polar surface area (TPSA) is 145 Å². The number of aliphatic hydroxyl groups is 1. The second-order valence-electron chi connectivity index (χ2n) is 11.7. The summed E-state index contributed by atoms with van der Waals surface area (Å²) in [6, 6.07) is 6.93. The van der Waals surface area contributed by atoms with Gasteiger partial charge in [0.1, 0.15) is 18.2 Å². The summed E-state index contributed by atoms with van der Waals surface area (Å²) in [5, 5.41) is 14.3. The number of quaternary nitrogens is 2. The fourth-order valence-corrected chi connectivity index (χ4v) is 4.70. The van der Waals surface area contributed by atoms with Crippen molar-refractivity contribution < 1.29 is 30.1 Å². The lowest BCUT2D eigenvalue weighted by atomic mass is 9.86. The number of halogens is 1. The predicted molar refractivity (Wildman–Crippen MR) is 140 cm³/mol. The Morgan fingerprint density at radius 2 is 1.92 bits per heavy atom. The van der Waals surface area contributed by atoms with E-state index in [9.17, 15) is 19.5 Å².